The highest BCUT2D eigenvalue weighted by atomic mass is 32.1. The van der Waals surface area contributed by atoms with Gasteiger partial charge < -0.3 is 10.0 Å². The number of aliphatic carboxylic acids is 1. The van der Waals surface area contributed by atoms with Crippen molar-refractivity contribution in [2.24, 2.45) is 11.8 Å². The molecule has 1 aromatic rings. The molecule has 0 aliphatic carbocycles. The molecular weight excluding hydrogens is 349 g/mol. The smallest absolute Gasteiger partial charge is 0.394 e. The first kappa shape index (κ1) is 18.4. The number of aromatic nitrogens is 2. The van der Waals surface area contributed by atoms with Gasteiger partial charge in [-0.05, 0) is 0 Å². The first-order valence-electron chi connectivity index (χ1n) is 7.09. The van der Waals surface area contributed by atoms with Crippen molar-refractivity contribution in [2.45, 2.75) is 32.4 Å². The number of nitrogens with zero attached hydrogens (tertiary/aromatic N) is 3. The van der Waals surface area contributed by atoms with Crippen molar-refractivity contribution < 1.29 is 27.9 Å². The van der Waals surface area contributed by atoms with Crippen molar-refractivity contribution in [3.63, 3.8) is 0 Å². The van der Waals surface area contributed by atoms with Crippen LogP contribution in [0.1, 0.15) is 26.6 Å². The zero-order valence-corrected chi connectivity index (χ0v) is 14.0. The molecule has 1 fully saturated rings. The van der Waals surface area contributed by atoms with Crippen LogP contribution in [0.5, 0.6) is 0 Å². The number of amides is 2. The SMILES string of the molecule is CC(C)(C)c1nsc(NC(=O)N2C[C@@H](C(F)(F)F)[C@H](C(=O)O)C2)n1. The number of carbonyl (C=O) groups excluding carboxylic acids is 1. The molecule has 1 saturated heterocycles. The predicted molar refractivity (Wildman–Crippen MR) is 79.9 cm³/mol. The van der Waals surface area contributed by atoms with Crippen molar-refractivity contribution in [3.8, 4) is 0 Å². The fraction of sp³-hybridized carbons (Fsp3) is 0.692. The molecule has 2 N–H and O–H groups in total. The maximum Gasteiger partial charge on any atom is 0.394 e. The Balaban J connectivity index is 2.08. The van der Waals surface area contributed by atoms with E-state index in [9.17, 15) is 22.8 Å². The van der Waals surface area contributed by atoms with Crippen LogP contribution >= 0.6 is 11.5 Å². The molecule has 0 unspecified atom stereocenters. The number of hydrogen-bond donors (Lipinski definition) is 2. The largest absolute Gasteiger partial charge is 0.481 e. The van der Waals surface area contributed by atoms with Gasteiger partial charge in [-0.15, -0.1) is 0 Å². The van der Waals surface area contributed by atoms with E-state index in [0.717, 1.165) is 16.4 Å². The molecule has 1 aliphatic heterocycles. The standard InChI is InChI=1S/C13H17F3N4O3S/c1-12(2,3)9-17-10(24-19-9)18-11(23)20-4-6(8(21)22)7(5-20)13(14,15)16/h6-7H,4-5H2,1-3H3,(H,21,22)(H,17,18,19,23)/t6-,7-/m1/s1. The van der Waals surface area contributed by atoms with Gasteiger partial charge in [0.25, 0.3) is 0 Å². The van der Waals surface area contributed by atoms with Gasteiger partial charge in [0.15, 0.2) is 0 Å². The maximum atomic E-state index is 12.9. The Morgan fingerprint density at radius 1 is 1.29 bits per heavy atom. The van der Waals surface area contributed by atoms with E-state index in [1.54, 1.807) is 0 Å². The molecule has 0 radical (unpaired) electrons. The number of urea groups is 1. The minimum Gasteiger partial charge on any atom is -0.481 e. The average Bonchev–Trinajstić information content (AvgIpc) is 3.02. The Labute approximate surface area is 140 Å². The monoisotopic (exact) mass is 366 g/mol. The molecule has 2 rings (SSSR count). The molecule has 11 heteroatoms. The molecule has 0 aromatic carbocycles. The summed E-state index contributed by atoms with van der Waals surface area (Å²) in [7, 11) is 0. The van der Waals surface area contributed by atoms with Crippen LogP contribution in [-0.4, -0.2) is 50.6 Å². The van der Waals surface area contributed by atoms with Crippen molar-refractivity contribution in [1.82, 2.24) is 14.3 Å². The zero-order valence-electron chi connectivity index (χ0n) is 13.2. The van der Waals surface area contributed by atoms with Crippen LogP contribution in [-0.2, 0) is 10.2 Å². The third kappa shape index (κ3) is 3.94. The second-order valence-electron chi connectivity index (χ2n) is 6.60. The second-order valence-corrected chi connectivity index (χ2v) is 7.35. The topological polar surface area (TPSA) is 95.4 Å². The van der Waals surface area contributed by atoms with Crippen LogP contribution in [0.2, 0.25) is 0 Å². The Bertz CT molecular complexity index is 641. The predicted octanol–water partition coefficient (Wildman–Crippen LogP) is 2.56. The van der Waals surface area contributed by atoms with Gasteiger partial charge in [-0.25, -0.2) is 9.78 Å². The number of carbonyl (C=O) groups is 2. The maximum absolute atomic E-state index is 12.9. The van der Waals surface area contributed by atoms with E-state index in [0.29, 0.717) is 5.82 Å². The third-order valence-corrected chi connectivity index (χ3v) is 4.29. The highest BCUT2D eigenvalue weighted by Crippen LogP contribution is 2.38. The molecule has 1 aromatic heterocycles. The number of anilines is 1. The van der Waals surface area contributed by atoms with Crippen LogP contribution in [0.4, 0.5) is 23.1 Å². The van der Waals surface area contributed by atoms with Gasteiger partial charge in [0.2, 0.25) is 5.13 Å². The van der Waals surface area contributed by atoms with E-state index in [1.165, 1.54) is 0 Å². The van der Waals surface area contributed by atoms with Gasteiger partial charge in [0.05, 0.1) is 11.8 Å². The third-order valence-electron chi connectivity index (χ3n) is 3.66. The number of carboxylic acids is 1. The average molecular weight is 366 g/mol. The number of alkyl halides is 3. The summed E-state index contributed by atoms with van der Waals surface area (Å²) in [5, 5.41) is 11.5. The zero-order chi connectivity index (χ0) is 18.3. The molecule has 1 aliphatic rings. The first-order chi connectivity index (χ1) is 10.9. The minimum atomic E-state index is -4.68. The van der Waals surface area contributed by atoms with Crippen molar-refractivity contribution in [3.05, 3.63) is 5.82 Å². The van der Waals surface area contributed by atoms with Crippen LogP contribution in [0.3, 0.4) is 0 Å². The number of carboxylic acid groups (broad SMARTS) is 1. The Kier molecular flexibility index (Phi) is 4.75. The molecular formula is C13H17F3N4O3S. The highest BCUT2D eigenvalue weighted by molar-refractivity contribution is 7.09. The van der Waals surface area contributed by atoms with E-state index >= 15 is 0 Å². The molecule has 134 valence electrons. The molecule has 2 amide bonds. The molecule has 2 heterocycles. The summed E-state index contributed by atoms with van der Waals surface area (Å²) in [6, 6.07) is -0.815. The lowest BCUT2D eigenvalue weighted by Gasteiger charge is -2.18. The van der Waals surface area contributed by atoms with Gasteiger partial charge in [-0.1, -0.05) is 20.8 Å². The summed E-state index contributed by atoms with van der Waals surface area (Å²) in [4.78, 5) is 28.1. The molecule has 0 bridgehead atoms. The van der Waals surface area contributed by atoms with Crippen LogP contribution < -0.4 is 5.32 Å². The van der Waals surface area contributed by atoms with Crippen molar-refractivity contribution in [1.29, 1.82) is 0 Å². The van der Waals surface area contributed by atoms with Gasteiger partial charge in [-0.3, -0.25) is 10.1 Å². The van der Waals surface area contributed by atoms with Gasteiger partial charge in [0.1, 0.15) is 5.82 Å². The number of likely N-dealkylation sites (tertiary alicyclic amines) is 1. The van der Waals surface area contributed by atoms with Gasteiger partial charge in [-0.2, -0.15) is 17.5 Å². The fourth-order valence-corrected chi connectivity index (χ4v) is 3.05. The van der Waals surface area contributed by atoms with Crippen molar-refractivity contribution >= 4 is 28.7 Å². The quantitative estimate of drug-likeness (QED) is 0.839. The van der Waals surface area contributed by atoms with E-state index in [1.807, 2.05) is 20.8 Å². The van der Waals surface area contributed by atoms with Crippen LogP contribution in [0.25, 0.3) is 0 Å². The number of halogens is 3. The van der Waals surface area contributed by atoms with Crippen LogP contribution in [0.15, 0.2) is 0 Å². The number of nitrogens with one attached hydrogen (secondary N) is 1. The number of hydrogen-bond acceptors (Lipinski definition) is 5. The van der Waals surface area contributed by atoms with Gasteiger partial charge >= 0.3 is 18.2 Å². The Hall–Kier alpha value is -1.91. The summed E-state index contributed by atoms with van der Waals surface area (Å²) in [6.07, 6.45) is -4.68. The fourth-order valence-electron chi connectivity index (χ4n) is 2.30. The minimum absolute atomic E-state index is 0.159. The molecule has 2 atom stereocenters. The van der Waals surface area contributed by atoms with E-state index in [2.05, 4.69) is 14.7 Å². The van der Waals surface area contributed by atoms with Crippen molar-refractivity contribution in [2.75, 3.05) is 18.4 Å². The molecule has 0 spiro atoms. The Morgan fingerprint density at radius 2 is 1.92 bits per heavy atom. The molecule has 7 nitrogen and oxygen atoms in total. The van der Waals surface area contributed by atoms with Gasteiger partial charge in [0, 0.05) is 30.0 Å². The summed E-state index contributed by atoms with van der Waals surface area (Å²) in [5.41, 5.74) is -0.330. The molecule has 0 saturated carbocycles. The molecule has 24 heavy (non-hydrogen) atoms. The van der Waals surface area contributed by atoms with E-state index in [-0.39, 0.29) is 10.5 Å². The summed E-state index contributed by atoms with van der Waals surface area (Å²) in [5.74, 6) is -4.82. The summed E-state index contributed by atoms with van der Waals surface area (Å²) in [6.45, 7) is 4.44. The summed E-state index contributed by atoms with van der Waals surface area (Å²) < 4.78 is 42.9. The summed E-state index contributed by atoms with van der Waals surface area (Å²) >= 11 is 0.919. The normalized spacial score (nSPS) is 21.8. The second kappa shape index (κ2) is 6.19. The Morgan fingerprint density at radius 3 is 2.33 bits per heavy atom. The van der Waals surface area contributed by atoms with E-state index < -0.39 is 43.1 Å². The number of rotatable bonds is 2. The first-order valence-corrected chi connectivity index (χ1v) is 7.86. The lowest BCUT2D eigenvalue weighted by molar-refractivity contribution is -0.187. The van der Waals surface area contributed by atoms with Crippen LogP contribution in [0, 0.1) is 11.8 Å². The lowest BCUT2D eigenvalue weighted by atomic mass is 9.96. The highest BCUT2D eigenvalue weighted by Gasteiger charge is 2.53. The lowest BCUT2D eigenvalue weighted by Crippen LogP contribution is -2.35. The van der Waals surface area contributed by atoms with E-state index in [4.69, 9.17) is 5.11 Å².